The summed E-state index contributed by atoms with van der Waals surface area (Å²) in [6.07, 6.45) is 43.6. The zero-order valence-electron chi connectivity index (χ0n) is 35.3. The van der Waals surface area contributed by atoms with Gasteiger partial charge in [0.25, 0.3) is 0 Å². The van der Waals surface area contributed by atoms with Crippen LogP contribution in [0.1, 0.15) is 187 Å². The third-order valence-electron chi connectivity index (χ3n) is 9.22. The van der Waals surface area contributed by atoms with Crippen LogP contribution in [0.5, 0.6) is 0 Å². The molecule has 0 aromatic heterocycles. The van der Waals surface area contributed by atoms with Crippen molar-refractivity contribution in [1.82, 2.24) is 0 Å². The van der Waals surface area contributed by atoms with Gasteiger partial charge in [0.05, 0.1) is 19.8 Å². The molecule has 0 rings (SSSR count). The number of esters is 2. The molecule has 0 aromatic carbocycles. The molecule has 0 aliphatic heterocycles. The second-order valence-corrected chi connectivity index (χ2v) is 16.2. The normalized spacial score (nSPS) is 14.3. The summed E-state index contributed by atoms with van der Waals surface area (Å²) in [6.45, 7) is 2.29. The fourth-order valence-electron chi connectivity index (χ4n) is 5.81. The largest absolute Gasteiger partial charge is 0.472 e. The van der Waals surface area contributed by atoms with Crippen molar-refractivity contribution in [2.24, 2.45) is 0 Å². The second kappa shape index (κ2) is 41.1. The predicted molar refractivity (Wildman–Crippen MR) is 228 cm³/mol. The number of allylic oxidation sites excluding steroid dienone is 8. The molecule has 56 heavy (non-hydrogen) atoms. The Bertz CT molecular complexity index is 1070. The molecule has 10 nitrogen and oxygen atoms in total. The van der Waals surface area contributed by atoms with E-state index in [0.717, 1.165) is 64.2 Å². The van der Waals surface area contributed by atoms with E-state index in [4.69, 9.17) is 19.1 Å². The summed E-state index contributed by atoms with van der Waals surface area (Å²) in [7, 11) is -4.62. The van der Waals surface area contributed by atoms with Gasteiger partial charge in [-0.1, -0.05) is 172 Å². The van der Waals surface area contributed by atoms with Crippen molar-refractivity contribution in [2.45, 2.75) is 199 Å². The van der Waals surface area contributed by atoms with E-state index in [1.807, 2.05) is 0 Å². The molecule has 11 heteroatoms. The molecule has 0 spiro atoms. The first-order valence-electron chi connectivity index (χ1n) is 22.1. The van der Waals surface area contributed by atoms with E-state index in [1.165, 1.54) is 83.5 Å². The number of phosphoric ester groups is 1. The Morgan fingerprint density at radius 3 is 1.46 bits per heavy atom. The molecule has 326 valence electrons. The maximum Gasteiger partial charge on any atom is 0.472 e. The minimum absolute atomic E-state index is 0.179. The van der Waals surface area contributed by atoms with Crippen LogP contribution in [-0.4, -0.2) is 65.7 Å². The highest BCUT2D eigenvalue weighted by Crippen LogP contribution is 2.43. The topological polar surface area (TPSA) is 149 Å². The summed E-state index contributed by atoms with van der Waals surface area (Å²) in [4.78, 5) is 35.0. The molecule has 0 bridgehead atoms. The molecule has 0 heterocycles. The lowest BCUT2D eigenvalue weighted by atomic mass is 10.0. The molecule has 0 aliphatic carbocycles. The van der Waals surface area contributed by atoms with Crippen molar-refractivity contribution in [3.05, 3.63) is 48.6 Å². The summed E-state index contributed by atoms with van der Waals surface area (Å²) >= 11 is 0. The summed E-state index contributed by atoms with van der Waals surface area (Å²) < 4.78 is 32.7. The molecule has 0 amide bonds. The Balaban J connectivity index is 4.33. The van der Waals surface area contributed by atoms with Gasteiger partial charge in [-0.3, -0.25) is 18.6 Å². The summed E-state index contributed by atoms with van der Waals surface area (Å²) in [5.74, 6) is -0.958. The van der Waals surface area contributed by atoms with E-state index in [0.29, 0.717) is 12.8 Å². The van der Waals surface area contributed by atoms with E-state index >= 15 is 0 Å². The number of unbranched alkanes of at least 4 members (excludes halogenated alkanes) is 19. The second-order valence-electron chi connectivity index (χ2n) is 14.7. The Morgan fingerprint density at radius 2 is 0.964 bits per heavy atom. The standard InChI is InChI=1S/C45H81O10P/c1-3-5-7-9-11-13-15-17-19-21-23-24-26-28-30-32-34-36-44(48)52-40-43(41-54-56(50,51)53-39-42(47)38-46)55-45(49)37-35-33-31-29-27-25-22-20-18-16-14-12-10-8-6-4-2/h7,9,13,15,19,21,24,26,42-43,46-47H,3-6,8,10-12,14,16-18,20,22-23,25,27-41H2,1-2H3,(H,50,51)/b9-7+,15-13+,21-19+,26-24+/t42-,43+/m0/s1. The molecule has 0 saturated heterocycles. The van der Waals surface area contributed by atoms with Gasteiger partial charge in [0.15, 0.2) is 6.10 Å². The number of carbonyl (C=O) groups excluding carboxylic acids is 2. The highest BCUT2D eigenvalue weighted by molar-refractivity contribution is 7.47. The minimum atomic E-state index is -4.62. The van der Waals surface area contributed by atoms with E-state index in [9.17, 15) is 24.2 Å². The lowest BCUT2D eigenvalue weighted by Gasteiger charge is -2.20. The SMILES string of the molecule is CCC/C=C/C/C=C/C/C=C/C/C=C/CCCCCC(=O)OC[C@H](COP(=O)(O)OC[C@@H](O)CO)OC(=O)CCCCCCCCCCCCCCCCCC. The fourth-order valence-corrected chi connectivity index (χ4v) is 6.60. The van der Waals surface area contributed by atoms with Crippen LogP contribution >= 0.6 is 7.82 Å². The van der Waals surface area contributed by atoms with Crippen molar-refractivity contribution in [1.29, 1.82) is 0 Å². The van der Waals surface area contributed by atoms with Gasteiger partial charge in [-0.25, -0.2) is 4.57 Å². The molecule has 3 N–H and O–H groups in total. The Hall–Kier alpha value is -2.07. The third-order valence-corrected chi connectivity index (χ3v) is 10.2. The van der Waals surface area contributed by atoms with Gasteiger partial charge in [-0.2, -0.15) is 0 Å². The van der Waals surface area contributed by atoms with Gasteiger partial charge < -0.3 is 24.6 Å². The zero-order chi connectivity index (χ0) is 41.2. The third kappa shape index (κ3) is 40.1. The Morgan fingerprint density at radius 1 is 0.536 bits per heavy atom. The van der Waals surface area contributed by atoms with Gasteiger partial charge >= 0.3 is 19.8 Å². The highest BCUT2D eigenvalue weighted by Gasteiger charge is 2.27. The lowest BCUT2D eigenvalue weighted by Crippen LogP contribution is -2.29. The average Bonchev–Trinajstić information content (AvgIpc) is 3.19. The highest BCUT2D eigenvalue weighted by atomic mass is 31.2. The van der Waals surface area contributed by atoms with Crippen molar-refractivity contribution in [3.63, 3.8) is 0 Å². The predicted octanol–water partition coefficient (Wildman–Crippen LogP) is 11.7. The van der Waals surface area contributed by atoms with E-state index in [-0.39, 0.29) is 19.4 Å². The van der Waals surface area contributed by atoms with Gasteiger partial charge in [-0.05, 0) is 51.4 Å². The van der Waals surface area contributed by atoms with Gasteiger partial charge in [0, 0.05) is 12.8 Å². The van der Waals surface area contributed by atoms with Crippen LogP contribution in [-0.2, 0) is 32.7 Å². The molecular weight excluding hydrogens is 731 g/mol. The van der Waals surface area contributed by atoms with E-state index in [1.54, 1.807) is 0 Å². The van der Waals surface area contributed by atoms with Gasteiger partial charge in [-0.15, -0.1) is 0 Å². The van der Waals surface area contributed by atoms with Crippen molar-refractivity contribution >= 4 is 19.8 Å². The molecule has 1 unspecified atom stereocenters. The number of hydrogen-bond acceptors (Lipinski definition) is 9. The number of hydrogen-bond donors (Lipinski definition) is 3. The summed E-state index contributed by atoms with van der Waals surface area (Å²) in [5.41, 5.74) is 0. The first-order chi connectivity index (χ1) is 27.2. The average molecular weight is 813 g/mol. The minimum Gasteiger partial charge on any atom is -0.462 e. The fraction of sp³-hybridized carbons (Fsp3) is 0.778. The molecule has 0 fully saturated rings. The number of carbonyl (C=O) groups is 2. The first-order valence-corrected chi connectivity index (χ1v) is 23.6. The zero-order valence-corrected chi connectivity index (χ0v) is 36.2. The molecular formula is C45H81O10P. The number of aliphatic hydroxyl groups excluding tert-OH is 2. The quantitative estimate of drug-likeness (QED) is 0.0236. The van der Waals surface area contributed by atoms with Crippen LogP contribution in [0, 0.1) is 0 Å². The van der Waals surface area contributed by atoms with Crippen LogP contribution in [0.2, 0.25) is 0 Å². The van der Waals surface area contributed by atoms with Crippen LogP contribution in [0.4, 0.5) is 0 Å². The van der Waals surface area contributed by atoms with E-state index < -0.39 is 51.8 Å². The molecule has 0 radical (unpaired) electrons. The van der Waals surface area contributed by atoms with Gasteiger partial charge in [0.1, 0.15) is 12.7 Å². The molecule has 0 aliphatic rings. The summed E-state index contributed by atoms with van der Waals surface area (Å²) in [5, 5.41) is 18.3. The molecule has 0 saturated carbocycles. The number of rotatable bonds is 41. The van der Waals surface area contributed by atoms with Crippen molar-refractivity contribution < 1.29 is 47.8 Å². The van der Waals surface area contributed by atoms with Crippen LogP contribution in [0.25, 0.3) is 0 Å². The lowest BCUT2D eigenvalue weighted by molar-refractivity contribution is -0.161. The maximum absolute atomic E-state index is 12.6. The number of ether oxygens (including phenoxy) is 2. The van der Waals surface area contributed by atoms with Crippen molar-refractivity contribution in [2.75, 3.05) is 26.4 Å². The smallest absolute Gasteiger partial charge is 0.462 e. The van der Waals surface area contributed by atoms with E-state index in [2.05, 4.69) is 67.0 Å². The summed E-state index contributed by atoms with van der Waals surface area (Å²) in [6, 6.07) is 0. The Labute approximate surface area is 341 Å². The Kier molecular flexibility index (Phi) is 39.6. The first kappa shape index (κ1) is 53.9. The van der Waals surface area contributed by atoms with Crippen molar-refractivity contribution in [3.8, 4) is 0 Å². The maximum atomic E-state index is 12.6. The number of phosphoric acid groups is 1. The molecule has 3 atom stereocenters. The molecule has 0 aromatic rings. The van der Waals surface area contributed by atoms with Crippen LogP contribution in [0.3, 0.4) is 0 Å². The van der Waals surface area contributed by atoms with Crippen LogP contribution < -0.4 is 0 Å². The van der Waals surface area contributed by atoms with Crippen LogP contribution in [0.15, 0.2) is 48.6 Å². The van der Waals surface area contributed by atoms with Gasteiger partial charge in [0.2, 0.25) is 0 Å². The number of aliphatic hydroxyl groups is 2. The monoisotopic (exact) mass is 813 g/mol.